The Morgan fingerprint density at radius 3 is 2.84 bits per heavy atom. The minimum Gasteiger partial charge on any atom is -0.325 e. The SMILES string of the molecule is CC(C)n1cncc1C(=O)c1ccc(F)c(C#N)c1. The summed E-state index contributed by atoms with van der Waals surface area (Å²) < 4.78 is 15.0. The molecule has 0 fully saturated rings. The molecule has 0 unspecified atom stereocenters. The van der Waals surface area contributed by atoms with Crippen molar-refractivity contribution in [1.82, 2.24) is 9.55 Å². The molecule has 0 N–H and O–H groups in total. The minimum absolute atomic E-state index is 0.0948. The molecule has 1 aromatic heterocycles. The second-order valence-corrected chi connectivity index (χ2v) is 4.42. The quantitative estimate of drug-likeness (QED) is 0.794. The highest BCUT2D eigenvalue weighted by Crippen LogP contribution is 2.16. The van der Waals surface area contributed by atoms with Gasteiger partial charge in [0.2, 0.25) is 5.78 Å². The van der Waals surface area contributed by atoms with Crippen molar-refractivity contribution < 1.29 is 9.18 Å². The molecule has 0 amide bonds. The molecule has 0 aliphatic carbocycles. The summed E-state index contributed by atoms with van der Waals surface area (Å²) in [5, 5.41) is 8.78. The molecule has 2 aromatic rings. The Hall–Kier alpha value is -2.48. The lowest BCUT2D eigenvalue weighted by Crippen LogP contribution is -2.11. The number of ketones is 1. The van der Waals surface area contributed by atoms with Crippen molar-refractivity contribution in [2.45, 2.75) is 19.9 Å². The van der Waals surface area contributed by atoms with Gasteiger partial charge in [0, 0.05) is 11.6 Å². The van der Waals surface area contributed by atoms with Crippen molar-refractivity contribution in [3.8, 4) is 6.07 Å². The van der Waals surface area contributed by atoms with E-state index in [4.69, 9.17) is 5.26 Å². The molecule has 0 atom stereocenters. The van der Waals surface area contributed by atoms with Gasteiger partial charge in [0.05, 0.1) is 18.1 Å². The van der Waals surface area contributed by atoms with Crippen LogP contribution in [-0.4, -0.2) is 15.3 Å². The van der Waals surface area contributed by atoms with Gasteiger partial charge in [0.1, 0.15) is 17.6 Å². The predicted molar refractivity (Wildman–Crippen MR) is 67.2 cm³/mol. The van der Waals surface area contributed by atoms with Gasteiger partial charge >= 0.3 is 0 Å². The van der Waals surface area contributed by atoms with E-state index < -0.39 is 5.82 Å². The zero-order valence-electron chi connectivity index (χ0n) is 10.6. The average molecular weight is 257 g/mol. The molecule has 2 rings (SSSR count). The molecule has 5 heteroatoms. The summed E-state index contributed by atoms with van der Waals surface area (Å²) in [7, 11) is 0. The number of nitrogens with zero attached hydrogens (tertiary/aromatic N) is 3. The van der Waals surface area contributed by atoms with Crippen LogP contribution in [-0.2, 0) is 0 Å². The molecule has 0 saturated carbocycles. The normalized spacial score (nSPS) is 10.5. The molecule has 0 aliphatic heterocycles. The van der Waals surface area contributed by atoms with Crippen LogP contribution in [0.1, 0.15) is 41.5 Å². The zero-order valence-corrected chi connectivity index (χ0v) is 10.6. The van der Waals surface area contributed by atoms with E-state index in [1.54, 1.807) is 17.0 Å². The van der Waals surface area contributed by atoms with Crippen LogP contribution >= 0.6 is 0 Å². The number of carbonyl (C=O) groups excluding carboxylic acids is 1. The summed E-state index contributed by atoms with van der Waals surface area (Å²) in [4.78, 5) is 16.3. The van der Waals surface area contributed by atoms with E-state index >= 15 is 0 Å². The molecule has 0 saturated heterocycles. The highest BCUT2D eigenvalue weighted by molar-refractivity contribution is 6.08. The van der Waals surface area contributed by atoms with E-state index in [2.05, 4.69) is 4.98 Å². The third kappa shape index (κ3) is 2.38. The Morgan fingerprint density at radius 2 is 2.21 bits per heavy atom. The monoisotopic (exact) mass is 257 g/mol. The van der Waals surface area contributed by atoms with Crippen LogP contribution in [0.25, 0.3) is 0 Å². The average Bonchev–Trinajstić information content (AvgIpc) is 2.87. The van der Waals surface area contributed by atoms with E-state index in [1.807, 2.05) is 13.8 Å². The maximum absolute atomic E-state index is 13.2. The highest BCUT2D eigenvalue weighted by Gasteiger charge is 2.17. The van der Waals surface area contributed by atoms with Crippen molar-refractivity contribution in [2.75, 3.05) is 0 Å². The largest absolute Gasteiger partial charge is 0.325 e. The first-order valence-corrected chi connectivity index (χ1v) is 5.80. The molecule has 1 aromatic carbocycles. The number of benzene rings is 1. The summed E-state index contributed by atoms with van der Waals surface area (Å²) in [6, 6.07) is 5.58. The second kappa shape index (κ2) is 5.02. The maximum atomic E-state index is 13.2. The zero-order chi connectivity index (χ0) is 14.0. The number of halogens is 1. The van der Waals surface area contributed by atoms with Gasteiger partial charge in [0.15, 0.2) is 0 Å². The van der Waals surface area contributed by atoms with Crippen LogP contribution < -0.4 is 0 Å². The molecule has 0 radical (unpaired) electrons. The number of carbonyl (C=O) groups is 1. The van der Waals surface area contributed by atoms with Gasteiger partial charge in [-0.3, -0.25) is 4.79 Å². The first-order valence-electron chi connectivity index (χ1n) is 5.80. The Bertz CT molecular complexity index is 668. The van der Waals surface area contributed by atoms with Crippen LogP contribution in [0.3, 0.4) is 0 Å². The lowest BCUT2D eigenvalue weighted by atomic mass is 10.1. The maximum Gasteiger partial charge on any atom is 0.211 e. The Morgan fingerprint density at radius 1 is 1.47 bits per heavy atom. The smallest absolute Gasteiger partial charge is 0.211 e. The second-order valence-electron chi connectivity index (χ2n) is 4.42. The Balaban J connectivity index is 2.45. The van der Waals surface area contributed by atoms with Crippen molar-refractivity contribution in [3.63, 3.8) is 0 Å². The minimum atomic E-state index is -0.628. The molecule has 1 heterocycles. The molecule has 0 spiro atoms. The fraction of sp³-hybridized carbons (Fsp3) is 0.214. The molecular weight excluding hydrogens is 245 g/mol. The number of rotatable bonds is 3. The van der Waals surface area contributed by atoms with Gasteiger partial charge in [-0.15, -0.1) is 0 Å². The van der Waals surface area contributed by atoms with Crippen molar-refractivity contribution in [2.24, 2.45) is 0 Å². The predicted octanol–water partition coefficient (Wildman–Crippen LogP) is 2.71. The number of nitriles is 1. The summed E-state index contributed by atoms with van der Waals surface area (Å²) in [6.45, 7) is 3.87. The molecule has 4 nitrogen and oxygen atoms in total. The molecule has 96 valence electrons. The van der Waals surface area contributed by atoms with Gasteiger partial charge in [-0.05, 0) is 32.0 Å². The standard InChI is InChI=1S/C14H12FN3O/c1-9(2)18-8-17-7-13(18)14(19)10-3-4-12(15)11(5-10)6-16/h3-5,7-9H,1-2H3. The van der Waals surface area contributed by atoms with Crippen LogP contribution in [0, 0.1) is 17.1 Å². The van der Waals surface area contributed by atoms with Crippen LogP contribution in [0.5, 0.6) is 0 Å². The van der Waals surface area contributed by atoms with Gasteiger partial charge in [0.25, 0.3) is 0 Å². The Labute approximate surface area is 110 Å². The number of hydrogen-bond donors (Lipinski definition) is 0. The molecular formula is C14H12FN3O. The van der Waals surface area contributed by atoms with Gasteiger partial charge in [-0.1, -0.05) is 0 Å². The van der Waals surface area contributed by atoms with E-state index in [0.717, 1.165) is 6.07 Å². The topological polar surface area (TPSA) is 58.7 Å². The highest BCUT2D eigenvalue weighted by atomic mass is 19.1. The molecule has 0 bridgehead atoms. The summed E-state index contributed by atoms with van der Waals surface area (Å²) in [5.41, 5.74) is 0.562. The van der Waals surface area contributed by atoms with E-state index in [0.29, 0.717) is 5.69 Å². The van der Waals surface area contributed by atoms with Crippen LogP contribution in [0.2, 0.25) is 0 Å². The fourth-order valence-corrected chi connectivity index (χ4v) is 1.79. The van der Waals surface area contributed by atoms with E-state index in [1.165, 1.54) is 18.3 Å². The van der Waals surface area contributed by atoms with Gasteiger partial charge < -0.3 is 4.57 Å². The number of aromatic nitrogens is 2. The fourth-order valence-electron chi connectivity index (χ4n) is 1.79. The van der Waals surface area contributed by atoms with Crippen LogP contribution in [0.15, 0.2) is 30.7 Å². The summed E-state index contributed by atoms with van der Waals surface area (Å²) in [5.74, 6) is -0.904. The number of imidazole rings is 1. The third-order valence-corrected chi connectivity index (χ3v) is 2.80. The van der Waals surface area contributed by atoms with E-state index in [-0.39, 0.29) is 23.0 Å². The van der Waals surface area contributed by atoms with Crippen LogP contribution in [0.4, 0.5) is 4.39 Å². The van der Waals surface area contributed by atoms with Crippen molar-refractivity contribution >= 4 is 5.78 Å². The summed E-state index contributed by atoms with van der Waals surface area (Å²) >= 11 is 0. The number of hydrogen-bond acceptors (Lipinski definition) is 3. The first-order chi connectivity index (χ1) is 9.04. The molecule has 19 heavy (non-hydrogen) atoms. The Kier molecular flexibility index (Phi) is 3.43. The van der Waals surface area contributed by atoms with Crippen molar-refractivity contribution in [3.05, 3.63) is 53.4 Å². The van der Waals surface area contributed by atoms with Gasteiger partial charge in [-0.2, -0.15) is 5.26 Å². The lowest BCUT2D eigenvalue weighted by Gasteiger charge is -2.10. The van der Waals surface area contributed by atoms with Gasteiger partial charge in [-0.25, -0.2) is 9.37 Å². The molecule has 0 aliphatic rings. The third-order valence-electron chi connectivity index (χ3n) is 2.80. The van der Waals surface area contributed by atoms with E-state index in [9.17, 15) is 9.18 Å². The lowest BCUT2D eigenvalue weighted by molar-refractivity contribution is 0.102. The first kappa shape index (κ1) is 13.0. The van der Waals surface area contributed by atoms with Crippen molar-refractivity contribution in [1.29, 1.82) is 5.26 Å². The summed E-state index contributed by atoms with van der Waals surface area (Å²) in [6.07, 6.45) is 3.05.